The van der Waals surface area contributed by atoms with Crippen molar-refractivity contribution in [3.05, 3.63) is 64.9 Å². The fourth-order valence-electron chi connectivity index (χ4n) is 5.62. The van der Waals surface area contributed by atoms with Gasteiger partial charge in [-0.25, -0.2) is 17.6 Å². The summed E-state index contributed by atoms with van der Waals surface area (Å²) in [6.07, 6.45) is 1.57. The number of sulfonamides is 1. The zero-order valence-corrected chi connectivity index (χ0v) is 20.3. The van der Waals surface area contributed by atoms with Gasteiger partial charge >= 0.3 is 5.97 Å². The first-order chi connectivity index (χ1) is 15.9. The molecule has 180 valence electrons. The second-order valence-corrected chi connectivity index (χ2v) is 12.4. The number of nitrogens with zero attached hydrogens (tertiary/aromatic N) is 2. The number of hydrogen-bond acceptors (Lipinski definition) is 5. The van der Waals surface area contributed by atoms with E-state index < -0.39 is 38.9 Å². The summed E-state index contributed by atoms with van der Waals surface area (Å²) in [6.45, 7) is 3.55. The van der Waals surface area contributed by atoms with Crippen molar-refractivity contribution in [2.45, 2.75) is 61.7 Å². The van der Waals surface area contributed by atoms with Gasteiger partial charge in [0.2, 0.25) is 10.0 Å². The number of benzene rings is 2. The monoisotopic (exact) mass is 505 g/mol. The van der Waals surface area contributed by atoms with Crippen molar-refractivity contribution in [3.63, 3.8) is 0 Å². The van der Waals surface area contributed by atoms with Crippen molar-refractivity contribution in [2.75, 3.05) is 0 Å². The lowest BCUT2D eigenvalue weighted by Gasteiger charge is -2.72. The van der Waals surface area contributed by atoms with E-state index in [2.05, 4.69) is 10.3 Å². The van der Waals surface area contributed by atoms with Gasteiger partial charge in [-0.15, -0.1) is 0 Å². The molecule has 2 N–H and O–H groups in total. The molecule has 6 rings (SSSR count). The molecule has 1 heterocycles. The minimum absolute atomic E-state index is 0.00451. The first kappa shape index (κ1) is 23.3. The summed E-state index contributed by atoms with van der Waals surface area (Å²) in [5.74, 6) is -0.929. The molecule has 1 aliphatic heterocycles. The van der Waals surface area contributed by atoms with Crippen LogP contribution in [0.1, 0.15) is 38.7 Å². The average molecular weight is 506 g/mol. The van der Waals surface area contributed by atoms with Crippen LogP contribution in [0.25, 0.3) is 0 Å². The lowest BCUT2D eigenvalue weighted by molar-refractivity contribution is -0.151. The standard InChI is InChI=1S/C24H25ClFN3O4S/c1-22(2)19(20(30)31)27-21(28-22)23-12-24(13-23,14-23)29(11-15-8-9-17(25)18(26)10-15)34(32,33)16-6-4-3-5-7-16/h3-10,19H,11-14H2,1-2H3,(H,27,28)(H,30,31)/t19-,23?,24?/m0/s1. The Bertz CT molecular complexity index is 1290. The van der Waals surface area contributed by atoms with Crippen LogP contribution in [0.4, 0.5) is 4.39 Å². The lowest BCUT2D eigenvalue weighted by Crippen LogP contribution is -2.78. The molecule has 0 radical (unpaired) electrons. The number of carboxylic acids is 1. The maximum absolute atomic E-state index is 14.1. The van der Waals surface area contributed by atoms with E-state index in [1.54, 1.807) is 50.2 Å². The molecular weight excluding hydrogens is 481 g/mol. The Kier molecular flexibility index (Phi) is 5.13. The second-order valence-electron chi connectivity index (χ2n) is 10.1. The number of aliphatic imine (C=N–C) groups is 1. The van der Waals surface area contributed by atoms with Crippen LogP contribution >= 0.6 is 11.6 Å². The molecule has 3 saturated carbocycles. The van der Waals surface area contributed by atoms with Crippen LogP contribution < -0.4 is 5.32 Å². The molecule has 2 bridgehead atoms. The van der Waals surface area contributed by atoms with E-state index in [9.17, 15) is 22.7 Å². The van der Waals surface area contributed by atoms with Crippen LogP contribution in [0.2, 0.25) is 5.02 Å². The van der Waals surface area contributed by atoms with Crippen LogP contribution in [0.15, 0.2) is 58.4 Å². The molecule has 10 heteroatoms. The number of rotatable bonds is 7. The predicted molar refractivity (Wildman–Crippen MR) is 126 cm³/mol. The normalized spacial score (nSPS) is 29.1. The molecule has 0 unspecified atom stereocenters. The van der Waals surface area contributed by atoms with Crippen LogP contribution in [-0.4, -0.2) is 46.8 Å². The molecule has 0 aromatic heterocycles. The van der Waals surface area contributed by atoms with Gasteiger partial charge in [0, 0.05) is 17.5 Å². The van der Waals surface area contributed by atoms with Gasteiger partial charge in [-0.05, 0) is 62.9 Å². The predicted octanol–water partition coefficient (Wildman–Crippen LogP) is 3.83. The molecule has 1 atom stereocenters. The maximum Gasteiger partial charge on any atom is 0.328 e. The van der Waals surface area contributed by atoms with Gasteiger partial charge < -0.3 is 10.4 Å². The summed E-state index contributed by atoms with van der Waals surface area (Å²) >= 11 is 5.82. The summed E-state index contributed by atoms with van der Waals surface area (Å²) in [4.78, 5) is 16.5. The van der Waals surface area contributed by atoms with Crippen molar-refractivity contribution in [2.24, 2.45) is 10.4 Å². The summed E-state index contributed by atoms with van der Waals surface area (Å²) in [7, 11) is -3.88. The van der Waals surface area contributed by atoms with Crippen molar-refractivity contribution < 1.29 is 22.7 Å². The number of carbonyl (C=O) groups is 1. The van der Waals surface area contributed by atoms with Crippen molar-refractivity contribution in [3.8, 4) is 0 Å². The molecule has 7 nitrogen and oxygen atoms in total. The molecule has 4 aliphatic rings. The quantitative estimate of drug-likeness (QED) is 0.596. The highest BCUT2D eigenvalue weighted by atomic mass is 35.5. The third kappa shape index (κ3) is 3.44. The van der Waals surface area contributed by atoms with Gasteiger partial charge in [-0.2, -0.15) is 4.31 Å². The first-order valence-electron chi connectivity index (χ1n) is 11.0. The van der Waals surface area contributed by atoms with Crippen LogP contribution in [-0.2, 0) is 21.4 Å². The zero-order valence-electron chi connectivity index (χ0n) is 18.8. The summed E-state index contributed by atoms with van der Waals surface area (Å²) in [5.41, 5.74) is -1.29. The molecule has 2 aromatic carbocycles. The Morgan fingerprint density at radius 3 is 2.41 bits per heavy atom. The van der Waals surface area contributed by atoms with E-state index in [1.807, 2.05) is 0 Å². The molecule has 34 heavy (non-hydrogen) atoms. The summed E-state index contributed by atoms with van der Waals surface area (Å²) in [6, 6.07) is 11.7. The highest BCUT2D eigenvalue weighted by Crippen LogP contribution is 2.71. The number of nitrogens with one attached hydrogen (secondary N) is 1. The van der Waals surface area contributed by atoms with Crippen LogP contribution in [0, 0.1) is 11.2 Å². The zero-order chi connectivity index (χ0) is 24.5. The Hall–Kier alpha value is -2.49. The van der Waals surface area contributed by atoms with E-state index in [0.717, 1.165) is 0 Å². The third-order valence-electron chi connectivity index (χ3n) is 7.31. The van der Waals surface area contributed by atoms with E-state index in [0.29, 0.717) is 30.7 Å². The Balaban J connectivity index is 1.45. The average Bonchev–Trinajstić information content (AvgIpc) is 3.04. The van der Waals surface area contributed by atoms with Gasteiger partial charge in [0.15, 0.2) is 6.04 Å². The Morgan fingerprint density at radius 2 is 1.85 bits per heavy atom. The van der Waals surface area contributed by atoms with Gasteiger partial charge in [0.25, 0.3) is 0 Å². The lowest BCUT2D eigenvalue weighted by atomic mass is 9.38. The molecule has 0 saturated heterocycles. The summed E-state index contributed by atoms with van der Waals surface area (Å²) < 4.78 is 43.0. The minimum Gasteiger partial charge on any atom is -0.480 e. The van der Waals surface area contributed by atoms with Gasteiger partial charge in [-0.3, -0.25) is 4.99 Å². The largest absolute Gasteiger partial charge is 0.480 e. The molecule has 3 fully saturated rings. The minimum atomic E-state index is -3.88. The third-order valence-corrected chi connectivity index (χ3v) is 9.58. The fraction of sp³-hybridized carbons (Fsp3) is 0.417. The molecular formula is C24H25ClFN3O4S. The van der Waals surface area contributed by atoms with Gasteiger partial charge in [0.05, 0.1) is 15.5 Å². The molecule has 3 aliphatic carbocycles. The second kappa shape index (κ2) is 7.50. The Morgan fingerprint density at radius 1 is 1.21 bits per heavy atom. The first-order valence-corrected chi connectivity index (χ1v) is 12.8. The van der Waals surface area contributed by atoms with E-state index in [4.69, 9.17) is 11.6 Å². The topological polar surface area (TPSA) is 99.1 Å². The number of hydrogen-bond donors (Lipinski definition) is 2. The molecule has 2 aromatic rings. The number of amidine groups is 1. The number of carboxylic acid groups (broad SMARTS) is 1. The SMILES string of the molecule is CC1(C)N=C(C23CC(N(Cc4ccc(Cl)c(F)c4)S(=O)(=O)c4ccccc4)(C2)C3)N[C@H]1C(=O)O. The smallest absolute Gasteiger partial charge is 0.328 e. The number of aliphatic carboxylic acids is 1. The van der Waals surface area contributed by atoms with E-state index in [-0.39, 0.29) is 21.9 Å². The highest BCUT2D eigenvalue weighted by Gasteiger charge is 2.75. The van der Waals surface area contributed by atoms with E-state index in [1.165, 1.54) is 16.4 Å². The van der Waals surface area contributed by atoms with E-state index >= 15 is 0 Å². The molecule has 0 amide bonds. The van der Waals surface area contributed by atoms with Gasteiger partial charge in [-0.1, -0.05) is 35.9 Å². The van der Waals surface area contributed by atoms with Crippen molar-refractivity contribution in [1.29, 1.82) is 0 Å². The fourth-order valence-corrected chi connectivity index (χ4v) is 7.51. The van der Waals surface area contributed by atoms with Crippen LogP contribution in [0.5, 0.6) is 0 Å². The molecule has 0 spiro atoms. The van der Waals surface area contributed by atoms with Crippen LogP contribution in [0.3, 0.4) is 0 Å². The highest BCUT2D eigenvalue weighted by molar-refractivity contribution is 7.89. The Labute approximate surface area is 202 Å². The van der Waals surface area contributed by atoms with Crippen molar-refractivity contribution in [1.82, 2.24) is 9.62 Å². The number of halogens is 2. The van der Waals surface area contributed by atoms with Crippen molar-refractivity contribution >= 4 is 33.4 Å². The summed E-state index contributed by atoms with van der Waals surface area (Å²) in [5, 5.41) is 12.6. The maximum atomic E-state index is 14.1. The van der Waals surface area contributed by atoms with Gasteiger partial charge in [0.1, 0.15) is 11.7 Å².